The maximum absolute atomic E-state index is 12.7. The summed E-state index contributed by atoms with van der Waals surface area (Å²) in [5.41, 5.74) is 3.09. The molecule has 0 N–H and O–H groups in total. The third-order valence-electron chi connectivity index (χ3n) is 5.43. The minimum absolute atomic E-state index is 0.143. The Morgan fingerprint density at radius 3 is 2.58 bits per heavy atom. The van der Waals surface area contributed by atoms with E-state index in [2.05, 4.69) is 16.1 Å². The number of piperazine rings is 1. The van der Waals surface area contributed by atoms with Crippen molar-refractivity contribution in [3.05, 3.63) is 53.3 Å². The molecule has 1 aliphatic carbocycles. The molecule has 2 atom stereocenters. The largest absolute Gasteiger partial charge is 0.340 e. The molecule has 1 amide bonds. The second kappa shape index (κ2) is 6.93. The van der Waals surface area contributed by atoms with Gasteiger partial charge in [-0.15, -0.1) is 0 Å². The lowest BCUT2D eigenvalue weighted by atomic mass is 10.1. The van der Waals surface area contributed by atoms with Gasteiger partial charge in [-0.3, -0.25) is 14.4 Å². The van der Waals surface area contributed by atoms with Gasteiger partial charge in [-0.1, -0.05) is 12.1 Å². The van der Waals surface area contributed by atoms with Crippen molar-refractivity contribution in [3.63, 3.8) is 0 Å². The van der Waals surface area contributed by atoms with E-state index in [1.165, 1.54) is 11.1 Å². The standard InChI is InChI=1S/C20H23N5O/c1-23-14-17(12-22-23)18-10-19(18)20(26)25-8-6-24(7-9-25)13-16-4-2-15(11-21)3-5-16/h2-5,12,14,18-19H,6-10,13H2,1H3. The number of benzene rings is 1. The fraction of sp³-hybridized carbons (Fsp3) is 0.450. The number of hydrogen-bond donors (Lipinski definition) is 0. The predicted octanol–water partition coefficient (Wildman–Crippen LogP) is 1.74. The summed E-state index contributed by atoms with van der Waals surface area (Å²) in [6.45, 7) is 4.26. The molecular formula is C20H23N5O. The van der Waals surface area contributed by atoms with Crippen LogP contribution < -0.4 is 0 Å². The summed E-state index contributed by atoms with van der Waals surface area (Å²) in [4.78, 5) is 17.1. The zero-order valence-corrected chi connectivity index (χ0v) is 15.0. The maximum atomic E-state index is 12.7. The van der Waals surface area contributed by atoms with E-state index in [-0.39, 0.29) is 5.92 Å². The molecule has 2 fully saturated rings. The van der Waals surface area contributed by atoms with Crippen molar-refractivity contribution in [3.8, 4) is 6.07 Å². The van der Waals surface area contributed by atoms with Crippen molar-refractivity contribution in [2.24, 2.45) is 13.0 Å². The van der Waals surface area contributed by atoms with E-state index in [0.29, 0.717) is 17.4 Å². The van der Waals surface area contributed by atoms with Crippen LogP contribution in [0.4, 0.5) is 0 Å². The minimum atomic E-state index is 0.143. The fourth-order valence-corrected chi connectivity index (χ4v) is 3.77. The van der Waals surface area contributed by atoms with E-state index in [9.17, 15) is 4.79 Å². The first-order valence-electron chi connectivity index (χ1n) is 9.13. The molecular weight excluding hydrogens is 326 g/mol. The summed E-state index contributed by atoms with van der Waals surface area (Å²) < 4.78 is 1.80. The van der Waals surface area contributed by atoms with E-state index in [1.54, 1.807) is 4.68 Å². The second-order valence-electron chi connectivity index (χ2n) is 7.31. The number of nitrogens with zero attached hydrogens (tertiary/aromatic N) is 5. The molecule has 0 bridgehead atoms. The molecule has 6 heteroatoms. The molecule has 2 heterocycles. The van der Waals surface area contributed by atoms with Crippen molar-refractivity contribution in [1.29, 1.82) is 5.26 Å². The van der Waals surface area contributed by atoms with Crippen molar-refractivity contribution < 1.29 is 4.79 Å². The average molecular weight is 349 g/mol. The van der Waals surface area contributed by atoms with Gasteiger partial charge in [-0.05, 0) is 35.6 Å². The number of aromatic nitrogens is 2. The Balaban J connectivity index is 1.27. The third-order valence-corrected chi connectivity index (χ3v) is 5.43. The third kappa shape index (κ3) is 3.49. The number of carbonyl (C=O) groups excluding carboxylic acids is 1. The summed E-state index contributed by atoms with van der Waals surface area (Å²) in [7, 11) is 1.91. The Morgan fingerprint density at radius 2 is 1.96 bits per heavy atom. The highest BCUT2D eigenvalue weighted by atomic mass is 16.2. The van der Waals surface area contributed by atoms with E-state index >= 15 is 0 Å². The normalized spacial score (nSPS) is 22.8. The molecule has 26 heavy (non-hydrogen) atoms. The van der Waals surface area contributed by atoms with Crippen LogP contribution in [0.15, 0.2) is 36.7 Å². The first-order valence-corrected chi connectivity index (χ1v) is 9.13. The topological polar surface area (TPSA) is 65.2 Å². The van der Waals surface area contributed by atoms with Crippen LogP contribution in [0, 0.1) is 17.2 Å². The van der Waals surface area contributed by atoms with Crippen LogP contribution in [-0.4, -0.2) is 51.7 Å². The fourth-order valence-electron chi connectivity index (χ4n) is 3.77. The highest BCUT2D eigenvalue weighted by Gasteiger charge is 2.46. The van der Waals surface area contributed by atoms with E-state index in [1.807, 2.05) is 48.6 Å². The van der Waals surface area contributed by atoms with Crippen LogP contribution in [-0.2, 0) is 18.4 Å². The number of hydrogen-bond acceptors (Lipinski definition) is 4. The molecule has 2 aromatic rings. The first-order chi connectivity index (χ1) is 12.6. The van der Waals surface area contributed by atoms with Gasteiger partial charge in [0, 0.05) is 51.9 Å². The maximum Gasteiger partial charge on any atom is 0.226 e. The molecule has 6 nitrogen and oxygen atoms in total. The molecule has 0 radical (unpaired) electrons. The quantitative estimate of drug-likeness (QED) is 0.843. The smallest absolute Gasteiger partial charge is 0.226 e. The van der Waals surface area contributed by atoms with Crippen molar-refractivity contribution in [1.82, 2.24) is 19.6 Å². The van der Waals surface area contributed by atoms with Gasteiger partial charge in [0.2, 0.25) is 5.91 Å². The van der Waals surface area contributed by atoms with Gasteiger partial charge in [-0.2, -0.15) is 10.4 Å². The van der Waals surface area contributed by atoms with Gasteiger partial charge in [0.05, 0.1) is 17.8 Å². The average Bonchev–Trinajstić information content (AvgIpc) is 3.36. The number of carbonyl (C=O) groups is 1. The zero-order chi connectivity index (χ0) is 18.1. The molecule has 1 aliphatic heterocycles. The lowest BCUT2D eigenvalue weighted by Gasteiger charge is -2.35. The summed E-state index contributed by atoms with van der Waals surface area (Å²) in [6, 6.07) is 9.90. The summed E-state index contributed by atoms with van der Waals surface area (Å²) in [5.74, 6) is 0.800. The lowest BCUT2D eigenvalue weighted by molar-refractivity contribution is -0.134. The van der Waals surface area contributed by atoms with Crippen LogP contribution >= 0.6 is 0 Å². The molecule has 2 aliphatic rings. The van der Waals surface area contributed by atoms with E-state index in [0.717, 1.165) is 39.1 Å². The van der Waals surface area contributed by atoms with Crippen molar-refractivity contribution >= 4 is 5.91 Å². The summed E-state index contributed by atoms with van der Waals surface area (Å²) >= 11 is 0. The molecule has 0 spiro atoms. The van der Waals surface area contributed by atoms with Crippen LogP contribution in [0.5, 0.6) is 0 Å². The Bertz CT molecular complexity index is 827. The predicted molar refractivity (Wildman–Crippen MR) is 97.1 cm³/mol. The Kier molecular flexibility index (Phi) is 4.48. The number of nitriles is 1. The molecule has 134 valence electrons. The summed E-state index contributed by atoms with van der Waals surface area (Å²) in [5, 5.41) is 13.1. The van der Waals surface area contributed by atoms with E-state index in [4.69, 9.17) is 5.26 Å². The number of aryl methyl sites for hydroxylation is 1. The molecule has 1 saturated carbocycles. The lowest BCUT2D eigenvalue weighted by Crippen LogP contribution is -2.48. The van der Waals surface area contributed by atoms with Gasteiger partial charge < -0.3 is 4.90 Å². The van der Waals surface area contributed by atoms with Gasteiger partial charge in [0.25, 0.3) is 0 Å². The Morgan fingerprint density at radius 1 is 1.23 bits per heavy atom. The molecule has 1 aromatic heterocycles. The molecule has 2 unspecified atom stereocenters. The van der Waals surface area contributed by atoms with Crippen LogP contribution in [0.1, 0.15) is 29.0 Å². The van der Waals surface area contributed by atoms with Gasteiger partial charge >= 0.3 is 0 Å². The van der Waals surface area contributed by atoms with Crippen molar-refractivity contribution in [2.45, 2.75) is 18.9 Å². The Hall–Kier alpha value is -2.65. The zero-order valence-electron chi connectivity index (χ0n) is 15.0. The molecule has 1 aromatic carbocycles. The van der Waals surface area contributed by atoms with Crippen LogP contribution in [0.25, 0.3) is 0 Å². The molecule has 1 saturated heterocycles. The highest BCUT2D eigenvalue weighted by molar-refractivity contribution is 5.83. The van der Waals surface area contributed by atoms with Gasteiger partial charge in [0.15, 0.2) is 0 Å². The first kappa shape index (κ1) is 16.8. The summed E-state index contributed by atoms with van der Waals surface area (Å²) in [6.07, 6.45) is 4.86. The highest BCUT2D eigenvalue weighted by Crippen LogP contribution is 2.48. The second-order valence-corrected chi connectivity index (χ2v) is 7.31. The number of rotatable bonds is 4. The number of amides is 1. The van der Waals surface area contributed by atoms with Gasteiger partial charge in [-0.25, -0.2) is 0 Å². The minimum Gasteiger partial charge on any atom is -0.340 e. The van der Waals surface area contributed by atoms with Gasteiger partial charge in [0.1, 0.15) is 0 Å². The van der Waals surface area contributed by atoms with E-state index < -0.39 is 0 Å². The monoisotopic (exact) mass is 349 g/mol. The van der Waals surface area contributed by atoms with Crippen LogP contribution in [0.3, 0.4) is 0 Å². The Labute approximate surface area is 153 Å². The SMILES string of the molecule is Cn1cc(C2CC2C(=O)N2CCN(Cc3ccc(C#N)cc3)CC2)cn1. The molecule has 4 rings (SSSR count). The van der Waals surface area contributed by atoms with Crippen molar-refractivity contribution in [2.75, 3.05) is 26.2 Å². The van der Waals surface area contributed by atoms with Crippen LogP contribution in [0.2, 0.25) is 0 Å².